The van der Waals surface area contributed by atoms with Crippen LogP contribution in [0.2, 0.25) is 0 Å². The normalized spacial score (nSPS) is 15.8. The molecule has 0 aromatic carbocycles. The monoisotopic (exact) mass is 360 g/mol. The molecule has 1 atom stereocenters. The Bertz CT molecular complexity index is 143. The van der Waals surface area contributed by atoms with Gasteiger partial charge in [-0.25, -0.2) is 4.57 Å². The molecule has 0 aliphatic rings. The Kier molecular flexibility index (Phi) is 5.25. The Balaban J connectivity index is 3.80. The van der Waals surface area contributed by atoms with Crippen LogP contribution in [-0.4, -0.2) is 18.5 Å². The second kappa shape index (κ2) is 4.54. The molecule has 0 aromatic heterocycles. The predicted octanol–water partition coefficient (Wildman–Crippen LogP) is 1.93. The summed E-state index contributed by atoms with van der Waals surface area (Å²) < 4.78 is 14.0. The van der Waals surface area contributed by atoms with Crippen LogP contribution in [0.25, 0.3) is 0 Å². The van der Waals surface area contributed by atoms with Gasteiger partial charge in [0.2, 0.25) is 0 Å². The molecule has 0 aliphatic carbocycles. The molecule has 0 aliphatic heterocycles. The lowest BCUT2D eigenvalue weighted by atomic mass is 10.9. The number of rotatable bonds is 3. The van der Waals surface area contributed by atoms with Gasteiger partial charge in [-0.3, -0.25) is 4.52 Å². The summed E-state index contributed by atoms with van der Waals surface area (Å²) >= 11 is 8.86. The lowest BCUT2D eigenvalue weighted by Gasteiger charge is -2.12. The molecule has 0 saturated heterocycles. The van der Waals surface area contributed by atoms with Crippen LogP contribution >= 0.6 is 55.6 Å². The van der Waals surface area contributed by atoms with E-state index in [1.54, 1.807) is 0 Å². The molecule has 4 nitrogen and oxygen atoms in total. The van der Waals surface area contributed by atoms with Crippen molar-refractivity contribution in [3.63, 3.8) is 0 Å². The van der Waals surface area contributed by atoms with Crippen LogP contribution in [0.4, 0.5) is 0 Å². The van der Waals surface area contributed by atoms with Gasteiger partial charge in [-0.05, 0) is 0 Å². The fourth-order valence-corrected chi connectivity index (χ4v) is 1.76. The van der Waals surface area contributed by atoms with Gasteiger partial charge in [0, 0.05) is 0 Å². The molecule has 0 spiro atoms. The van der Waals surface area contributed by atoms with E-state index in [4.69, 9.17) is 9.79 Å². The van der Waals surface area contributed by atoms with E-state index < -0.39 is 12.8 Å². The van der Waals surface area contributed by atoms with Crippen molar-refractivity contribution in [2.24, 2.45) is 0 Å². The molecule has 0 heterocycles. The summed E-state index contributed by atoms with van der Waals surface area (Å²) in [5, 5.41) is -0.756. The van der Waals surface area contributed by atoms with Gasteiger partial charge in [-0.15, -0.1) is 0 Å². The first-order chi connectivity index (χ1) is 4.33. The molecule has 0 radical (unpaired) electrons. The minimum atomic E-state index is -4.38. The minimum Gasteiger partial charge on any atom is -0.303 e. The standard InChI is InChI=1S/C2H4Br3O4P/c3-1(4)2(5)9-10(6,7)8/h1-2H,(H2,6,7,8). The van der Waals surface area contributed by atoms with Crippen LogP contribution in [0.15, 0.2) is 0 Å². The van der Waals surface area contributed by atoms with Gasteiger partial charge in [0.1, 0.15) is 8.75 Å². The maximum absolute atomic E-state index is 10.1. The van der Waals surface area contributed by atoms with Crippen LogP contribution < -0.4 is 0 Å². The van der Waals surface area contributed by atoms with E-state index in [9.17, 15) is 4.57 Å². The Hall–Kier alpha value is 1.55. The first kappa shape index (κ1) is 11.6. The summed E-state index contributed by atoms with van der Waals surface area (Å²) in [6.45, 7) is 0. The number of phosphoric acid groups is 1. The molecule has 62 valence electrons. The van der Waals surface area contributed by atoms with Gasteiger partial charge < -0.3 is 9.79 Å². The van der Waals surface area contributed by atoms with Crippen LogP contribution in [0.5, 0.6) is 0 Å². The number of hydrogen-bond donors (Lipinski definition) is 2. The maximum Gasteiger partial charge on any atom is 0.470 e. The molecule has 0 bridgehead atoms. The Labute approximate surface area is 83.0 Å². The lowest BCUT2D eigenvalue weighted by Crippen LogP contribution is -2.09. The van der Waals surface area contributed by atoms with Gasteiger partial charge in [0.15, 0.2) is 0 Å². The average molecular weight is 363 g/mol. The average Bonchev–Trinajstić information content (AvgIpc) is 1.60. The highest BCUT2D eigenvalue weighted by Crippen LogP contribution is 2.41. The lowest BCUT2D eigenvalue weighted by molar-refractivity contribution is 0.194. The molecular formula is C2H4Br3O4P. The second-order valence-electron chi connectivity index (χ2n) is 1.28. The predicted molar refractivity (Wildman–Crippen MR) is 47.5 cm³/mol. The van der Waals surface area contributed by atoms with Crippen LogP contribution in [0.1, 0.15) is 0 Å². The van der Waals surface area contributed by atoms with Crippen molar-refractivity contribution in [2.75, 3.05) is 0 Å². The Morgan fingerprint density at radius 1 is 1.30 bits per heavy atom. The number of halogens is 3. The van der Waals surface area contributed by atoms with Crippen molar-refractivity contribution in [2.45, 2.75) is 8.75 Å². The molecule has 1 unspecified atom stereocenters. The zero-order valence-electron chi connectivity index (χ0n) is 4.45. The van der Waals surface area contributed by atoms with Gasteiger partial charge in [0.25, 0.3) is 0 Å². The third-order valence-electron chi connectivity index (χ3n) is 0.436. The third-order valence-corrected chi connectivity index (χ3v) is 4.32. The van der Waals surface area contributed by atoms with E-state index in [2.05, 4.69) is 52.3 Å². The minimum absolute atomic E-state index is 0.340. The highest BCUT2D eigenvalue weighted by atomic mass is 79.9. The van der Waals surface area contributed by atoms with Gasteiger partial charge in [0.05, 0.1) is 0 Å². The van der Waals surface area contributed by atoms with E-state index >= 15 is 0 Å². The highest BCUT2D eigenvalue weighted by Gasteiger charge is 2.23. The first-order valence-corrected chi connectivity index (χ1v) is 6.27. The molecule has 10 heavy (non-hydrogen) atoms. The molecule has 0 fully saturated rings. The molecule has 0 amide bonds. The highest BCUT2D eigenvalue weighted by molar-refractivity contribution is 9.25. The zero-order chi connectivity index (χ0) is 8.36. The van der Waals surface area contributed by atoms with Crippen molar-refractivity contribution < 1.29 is 18.9 Å². The number of phosphoric ester groups is 1. The summed E-state index contributed by atoms with van der Waals surface area (Å²) in [6, 6.07) is 0. The zero-order valence-corrected chi connectivity index (χ0v) is 10.1. The van der Waals surface area contributed by atoms with E-state index in [0.717, 1.165) is 0 Å². The molecule has 2 N–H and O–H groups in total. The molecular weight excluding hydrogens is 359 g/mol. The molecule has 0 saturated carbocycles. The summed E-state index contributed by atoms with van der Waals surface area (Å²) in [4.78, 5) is 16.5. The molecule has 8 heteroatoms. The number of hydrogen-bond acceptors (Lipinski definition) is 2. The fourth-order valence-electron chi connectivity index (χ4n) is 0.177. The van der Waals surface area contributed by atoms with E-state index in [1.807, 2.05) is 0 Å². The Morgan fingerprint density at radius 2 is 1.70 bits per heavy atom. The van der Waals surface area contributed by atoms with E-state index in [-0.39, 0.29) is 3.74 Å². The van der Waals surface area contributed by atoms with Crippen molar-refractivity contribution in [3.8, 4) is 0 Å². The van der Waals surface area contributed by atoms with Crippen LogP contribution in [0.3, 0.4) is 0 Å². The quantitative estimate of drug-likeness (QED) is 0.595. The molecule has 0 rings (SSSR count). The fraction of sp³-hybridized carbons (Fsp3) is 1.00. The van der Waals surface area contributed by atoms with E-state index in [1.165, 1.54) is 0 Å². The number of alkyl halides is 3. The van der Waals surface area contributed by atoms with Crippen molar-refractivity contribution >= 4 is 55.6 Å². The van der Waals surface area contributed by atoms with Crippen molar-refractivity contribution in [3.05, 3.63) is 0 Å². The summed E-state index contributed by atoms with van der Waals surface area (Å²) in [7, 11) is -4.38. The van der Waals surface area contributed by atoms with Crippen LogP contribution in [-0.2, 0) is 9.09 Å². The smallest absolute Gasteiger partial charge is 0.303 e. The second-order valence-corrected chi connectivity index (χ2v) is 6.58. The van der Waals surface area contributed by atoms with Gasteiger partial charge in [-0.2, -0.15) is 0 Å². The van der Waals surface area contributed by atoms with Crippen molar-refractivity contribution in [1.29, 1.82) is 0 Å². The Morgan fingerprint density at radius 3 is 1.80 bits per heavy atom. The maximum atomic E-state index is 10.1. The van der Waals surface area contributed by atoms with Gasteiger partial charge >= 0.3 is 7.82 Å². The summed E-state index contributed by atoms with van der Waals surface area (Å²) in [6.07, 6.45) is 0. The largest absolute Gasteiger partial charge is 0.470 e. The van der Waals surface area contributed by atoms with Crippen molar-refractivity contribution in [1.82, 2.24) is 0 Å². The SMILES string of the molecule is O=P(O)(O)OC(Br)C(Br)Br. The van der Waals surface area contributed by atoms with E-state index in [0.29, 0.717) is 0 Å². The first-order valence-electron chi connectivity index (χ1n) is 1.99. The summed E-state index contributed by atoms with van der Waals surface area (Å²) in [5.41, 5.74) is 0. The topological polar surface area (TPSA) is 66.8 Å². The third kappa shape index (κ3) is 6.27. The summed E-state index contributed by atoms with van der Waals surface area (Å²) in [5.74, 6) is 0. The molecule has 0 aromatic rings. The van der Waals surface area contributed by atoms with Crippen LogP contribution in [0, 0.1) is 0 Å². The van der Waals surface area contributed by atoms with Gasteiger partial charge in [-0.1, -0.05) is 47.8 Å².